The van der Waals surface area contributed by atoms with Gasteiger partial charge in [0.25, 0.3) is 5.91 Å². The normalized spacial score (nSPS) is 18.3. The van der Waals surface area contributed by atoms with E-state index in [4.69, 9.17) is 10.5 Å². The second-order valence-corrected chi connectivity index (χ2v) is 4.57. The second kappa shape index (κ2) is 5.37. The van der Waals surface area contributed by atoms with Crippen LogP contribution in [0, 0.1) is 0 Å². The lowest BCUT2D eigenvalue weighted by molar-refractivity contribution is 0.0388. The third-order valence-electron chi connectivity index (χ3n) is 3.37. The van der Waals surface area contributed by atoms with Gasteiger partial charge in [-0.2, -0.15) is 0 Å². The van der Waals surface area contributed by atoms with Crippen LogP contribution < -0.4 is 11.1 Å². The monoisotopic (exact) mass is 250 g/mol. The molecular formula is C13H18N2O3. The van der Waals surface area contributed by atoms with Crippen LogP contribution in [0.15, 0.2) is 24.3 Å². The van der Waals surface area contributed by atoms with Crippen LogP contribution in [0.25, 0.3) is 0 Å². The standard InChI is InChI=1S/C13H18N2O3/c14-9-13(5-7-18-8-6-13)15-12(17)10-3-1-2-4-11(10)16/h1-4,16H,5-9,14H2,(H,15,17). The van der Waals surface area contributed by atoms with E-state index in [1.165, 1.54) is 6.07 Å². The molecule has 1 heterocycles. The second-order valence-electron chi connectivity index (χ2n) is 4.57. The van der Waals surface area contributed by atoms with Crippen LogP contribution in [0.2, 0.25) is 0 Å². The SMILES string of the molecule is NCC1(NC(=O)c2ccccc2O)CCOCC1. The molecule has 0 aromatic heterocycles. The van der Waals surface area contributed by atoms with Gasteiger partial charge in [-0.15, -0.1) is 0 Å². The number of carbonyl (C=O) groups is 1. The molecule has 1 aliphatic rings. The quantitative estimate of drug-likeness (QED) is 0.734. The Labute approximate surface area is 106 Å². The van der Waals surface area contributed by atoms with Crippen molar-refractivity contribution in [3.8, 4) is 5.75 Å². The van der Waals surface area contributed by atoms with Crippen molar-refractivity contribution in [2.75, 3.05) is 19.8 Å². The summed E-state index contributed by atoms with van der Waals surface area (Å²) in [5, 5.41) is 12.6. The van der Waals surface area contributed by atoms with E-state index in [0.29, 0.717) is 32.6 Å². The smallest absolute Gasteiger partial charge is 0.255 e. The van der Waals surface area contributed by atoms with E-state index in [0.717, 1.165) is 0 Å². The van der Waals surface area contributed by atoms with Gasteiger partial charge >= 0.3 is 0 Å². The van der Waals surface area contributed by atoms with Crippen molar-refractivity contribution in [3.05, 3.63) is 29.8 Å². The van der Waals surface area contributed by atoms with Crippen molar-refractivity contribution in [2.45, 2.75) is 18.4 Å². The molecule has 0 aliphatic carbocycles. The molecule has 18 heavy (non-hydrogen) atoms. The Morgan fingerprint density at radius 3 is 2.67 bits per heavy atom. The van der Waals surface area contributed by atoms with Crippen LogP contribution in [0.4, 0.5) is 0 Å². The highest BCUT2D eigenvalue weighted by Crippen LogP contribution is 2.22. The number of ether oxygens (including phenoxy) is 1. The average molecular weight is 250 g/mol. The van der Waals surface area contributed by atoms with E-state index in [-0.39, 0.29) is 17.2 Å². The predicted molar refractivity (Wildman–Crippen MR) is 67.4 cm³/mol. The number of phenols is 1. The number of hydrogen-bond donors (Lipinski definition) is 3. The van der Waals surface area contributed by atoms with Crippen molar-refractivity contribution >= 4 is 5.91 Å². The van der Waals surface area contributed by atoms with Gasteiger partial charge in [0.05, 0.1) is 11.1 Å². The first-order valence-electron chi connectivity index (χ1n) is 6.05. The Kier molecular flexibility index (Phi) is 3.84. The van der Waals surface area contributed by atoms with Gasteiger partial charge in [0.2, 0.25) is 0 Å². The third kappa shape index (κ3) is 2.63. The van der Waals surface area contributed by atoms with Crippen molar-refractivity contribution in [1.82, 2.24) is 5.32 Å². The van der Waals surface area contributed by atoms with E-state index in [9.17, 15) is 9.90 Å². The molecule has 1 aromatic carbocycles. The molecule has 1 aliphatic heterocycles. The van der Waals surface area contributed by atoms with Crippen LogP contribution in [0.3, 0.4) is 0 Å². The molecule has 0 unspecified atom stereocenters. The maximum Gasteiger partial charge on any atom is 0.255 e. The summed E-state index contributed by atoms with van der Waals surface area (Å²) in [6.45, 7) is 1.56. The van der Waals surface area contributed by atoms with Gasteiger partial charge < -0.3 is 20.9 Å². The zero-order chi connectivity index (χ0) is 13.0. The number of benzene rings is 1. The molecule has 0 atom stereocenters. The summed E-state index contributed by atoms with van der Waals surface area (Å²) in [6.07, 6.45) is 1.39. The van der Waals surface area contributed by atoms with Gasteiger partial charge in [0, 0.05) is 19.8 Å². The molecule has 0 saturated carbocycles. The maximum absolute atomic E-state index is 12.1. The van der Waals surface area contributed by atoms with Gasteiger partial charge in [-0.25, -0.2) is 0 Å². The summed E-state index contributed by atoms with van der Waals surface area (Å²) in [6, 6.07) is 6.48. The van der Waals surface area contributed by atoms with Crippen molar-refractivity contribution < 1.29 is 14.6 Å². The molecule has 2 rings (SSSR count). The Hall–Kier alpha value is -1.59. The molecule has 5 heteroatoms. The van der Waals surface area contributed by atoms with E-state index < -0.39 is 5.54 Å². The number of aromatic hydroxyl groups is 1. The topological polar surface area (TPSA) is 84.6 Å². The predicted octanol–water partition coefficient (Wildman–Crippen LogP) is 0.630. The lowest BCUT2D eigenvalue weighted by Crippen LogP contribution is -2.56. The van der Waals surface area contributed by atoms with E-state index in [2.05, 4.69) is 5.32 Å². The molecule has 1 amide bonds. The summed E-state index contributed by atoms with van der Waals surface area (Å²) in [4.78, 5) is 12.1. The molecule has 0 bridgehead atoms. The molecule has 1 saturated heterocycles. The zero-order valence-electron chi connectivity index (χ0n) is 10.2. The molecule has 0 radical (unpaired) electrons. The third-order valence-corrected chi connectivity index (χ3v) is 3.37. The first-order chi connectivity index (χ1) is 8.67. The summed E-state index contributed by atoms with van der Waals surface area (Å²) >= 11 is 0. The summed E-state index contributed by atoms with van der Waals surface area (Å²) in [5.74, 6) is -0.310. The van der Waals surface area contributed by atoms with E-state index in [1.54, 1.807) is 18.2 Å². The fourth-order valence-electron chi connectivity index (χ4n) is 2.12. The molecule has 1 aromatic rings. The highest BCUT2D eigenvalue weighted by atomic mass is 16.5. The Bertz CT molecular complexity index is 428. The first kappa shape index (κ1) is 12.9. The lowest BCUT2D eigenvalue weighted by atomic mass is 9.89. The molecule has 1 fully saturated rings. The Balaban J connectivity index is 2.13. The number of hydrogen-bond acceptors (Lipinski definition) is 4. The van der Waals surface area contributed by atoms with Crippen LogP contribution in [-0.2, 0) is 4.74 Å². The van der Waals surface area contributed by atoms with Crippen LogP contribution >= 0.6 is 0 Å². The minimum atomic E-state index is -0.419. The van der Waals surface area contributed by atoms with Crippen molar-refractivity contribution in [1.29, 1.82) is 0 Å². The first-order valence-corrected chi connectivity index (χ1v) is 6.05. The number of carbonyl (C=O) groups excluding carboxylic acids is 1. The van der Waals surface area contributed by atoms with Crippen molar-refractivity contribution in [2.24, 2.45) is 5.73 Å². The highest BCUT2D eigenvalue weighted by Gasteiger charge is 2.33. The number of rotatable bonds is 3. The molecular weight excluding hydrogens is 232 g/mol. The fourth-order valence-corrected chi connectivity index (χ4v) is 2.12. The minimum absolute atomic E-state index is 0.0192. The molecule has 4 N–H and O–H groups in total. The zero-order valence-corrected chi connectivity index (χ0v) is 10.2. The van der Waals surface area contributed by atoms with Gasteiger partial charge in [-0.05, 0) is 25.0 Å². The largest absolute Gasteiger partial charge is 0.507 e. The summed E-state index contributed by atoms with van der Waals surface area (Å²) in [5.41, 5.74) is 5.63. The van der Waals surface area contributed by atoms with E-state index >= 15 is 0 Å². The summed E-state index contributed by atoms with van der Waals surface area (Å²) < 4.78 is 5.28. The van der Waals surface area contributed by atoms with Gasteiger partial charge in [-0.1, -0.05) is 12.1 Å². The number of para-hydroxylation sites is 1. The van der Waals surface area contributed by atoms with Crippen molar-refractivity contribution in [3.63, 3.8) is 0 Å². The molecule has 0 spiro atoms. The molecule has 98 valence electrons. The fraction of sp³-hybridized carbons (Fsp3) is 0.462. The van der Waals surface area contributed by atoms with Gasteiger partial charge in [0.1, 0.15) is 5.75 Å². The Morgan fingerprint density at radius 2 is 2.06 bits per heavy atom. The van der Waals surface area contributed by atoms with E-state index in [1.807, 2.05) is 0 Å². The molecule has 5 nitrogen and oxygen atoms in total. The minimum Gasteiger partial charge on any atom is -0.507 e. The maximum atomic E-state index is 12.1. The highest BCUT2D eigenvalue weighted by molar-refractivity contribution is 5.97. The average Bonchev–Trinajstić information content (AvgIpc) is 2.40. The van der Waals surface area contributed by atoms with Gasteiger partial charge in [0.15, 0.2) is 0 Å². The number of phenolic OH excluding ortho intramolecular Hbond substituents is 1. The Morgan fingerprint density at radius 1 is 1.39 bits per heavy atom. The lowest BCUT2D eigenvalue weighted by Gasteiger charge is -2.37. The number of nitrogens with one attached hydrogen (secondary N) is 1. The summed E-state index contributed by atoms with van der Waals surface area (Å²) in [7, 11) is 0. The number of nitrogens with two attached hydrogens (primary N) is 1. The van der Waals surface area contributed by atoms with Gasteiger partial charge in [-0.3, -0.25) is 4.79 Å². The van der Waals surface area contributed by atoms with Crippen LogP contribution in [-0.4, -0.2) is 36.3 Å². The van der Waals surface area contributed by atoms with Crippen LogP contribution in [0.5, 0.6) is 5.75 Å². The number of amides is 1. The van der Waals surface area contributed by atoms with Crippen LogP contribution in [0.1, 0.15) is 23.2 Å².